The van der Waals surface area contributed by atoms with Crippen molar-refractivity contribution < 1.29 is 14.6 Å². The molecule has 0 aliphatic carbocycles. The third kappa shape index (κ3) is 3.09. The van der Waals surface area contributed by atoms with Gasteiger partial charge in [0.15, 0.2) is 0 Å². The molecule has 0 bridgehead atoms. The summed E-state index contributed by atoms with van der Waals surface area (Å²) in [6.45, 7) is 0. The Hall–Kier alpha value is -2.48. The van der Waals surface area contributed by atoms with Crippen LogP contribution in [-0.2, 0) is 0 Å². The zero-order chi connectivity index (χ0) is 14.7. The molecule has 102 valence electrons. The Morgan fingerprint density at radius 3 is 2.15 bits per heavy atom. The molecule has 0 unspecified atom stereocenters. The first-order chi connectivity index (χ1) is 9.47. The van der Waals surface area contributed by atoms with Crippen molar-refractivity contribution in [1.29, 1.82) is 0 Å². The molecule has 2 rings (SSSR count). The van der Waals surface area contributed by atoms with Crippen molar-refractivity contribution in [1.82, 2.24) is 0 Å². The topological polar surface area (TPSA) is 95.5 Å². The Labute approximate surface area is 121 Å². The Morgan fingerprint density at radius 1 is 0.900 bits per heavy atom. The van der Waals surface area contributed by atoms with Crippen molar-refractivity contribution >= 4 is 27.3 Å². The third-order valence-electron chi connectivity index (χ3n) is 2.37. The van der Waals surface area contributed by atoms with Crippen LogP contribution in [-0.4, -0.2) is 9.85 Å². The van der Waals surface area contributed by atoms with Crippen LogP contribution in [0.25, 0.3) is 0 Å². The molecule has 0 heterocycles. The van der Waals surface area contributed by atoms with Gasteiger partial charge in [0.25, 0.3) is 0 Å². The Balaban J connectivity index is 2.36. The maximum Gasteiger partial charge on any atom is 0.349 e. The lowest BCUT2D eigenvalue weighted by Crippen LogP contribution is -1.97. The van der Waals surface area contributed by atoms with Crippen molar-refractivity contribution in [3.8, 4) is 11.5 Å². The highest BCUT2D eigenvalue weighted by Gasteiger charge is 2.24. The van der Waals surface area contributed by atoms with Crippen LogP contribution in [0.4, 0.5) is 11.4 Å². The van der Waals surface area contributed by atoms with Crippen LogP contribution >= 0.6 is 15.9 Å². The lowest BCUT2D eigenvalue weighted by molar-refractivity contribution is -0.422. The summed E-state index contributed by atoms with van der Waals surface area (Å²) < 4.78 is 6.21. The molecule has 0 spiro atoms. The molecule has 0 fully saturated rings. The van der Waals surface area contributed by atoms with Gasteiger partial charge in [0, 0.05) is 10.5 Å². The van der Waals surface area contributed by atoms with Gasteiger partial charge >= 0.3 is 11.4 Å². The van der Waals surface area contributed by atoms with Gasteiger partial charge in [-0.05, 0) is 24.3 Å². The molecule has 0 aliphatic rings. The van der Waals surface area contributed by atoms with Gasteiger partial charge in [0.2, 0.25) is 0 Å². The van der Waals surface area contributed by atoms with Gasteiger partial charge < -0.3 is 4.74 Å². The molecule has 20 heavy (non-hydrogen) atoms. The van der Waals surface area contributed by atoms with E-state index < -0.39 is 21.2 Å². The number of nitro benzene ring substituents is 2. The highest BCUT2D eigenvalue weighted by molar-refractivity contribution is 9.10. The van der Waals surface area contributed by atoms with Gasteiger partial charge in [-0.2, -0.15) is 0 Å². The van der Waals surface area contributed by atoms with Gasteiger partial charge in [-0.3, -0.25) is 20.2 Å². The predicted molar refractivity (Wildman–Crippen MR) is 74.0 cm³/mol. The Bertz CT molecular complexity index is 689. The summed E-state index contributed by atoms with van der Waals surface area (Å²) >= 11 is 3.27. The standard InChI is InChI=1S/C12H7BrN2O5/c13-8-2-1-3-9(6-8)20-10-4-5-11(14(16)17)12(7-10)15(18)19/h1-7H. The highest BCUT2D eigenvalue weighted by Crippen LogP contribution is 2.33. The van der Waals surface area contributed by atoms with Crippen molar-refractivity contribution in [3.05, 3.63) is 67.2 Å². The second-order valence-electron chi connectivity index (χ2n) is 3.72. The predicted octanol–water partition coefficient (Wildman–Crippen LogP) is 4.06. The van der Waals surface area contributed by atoms with Gasteiger partial charge in [0.05, 0.1) is 15.9 Å². The molecule has 0 N–H and O–H groups in total. The van der Waals surface area contributed by atoms with E-state index in [2.05, 4.69) is 15.9 Å². The van der Waals surface area contributed by atoms with Crippen LogP contribution in [0.1, 0.15) is 0 Å². The van der Waals surface area contributed by atoms with E-state index >= 15 is 0 Å². The Kier molecular flexibility index (Phi) is 3.94. The van der Waals surface area contributed by atoms with E-state index in [1.165, 1.54) is 6.07 Å². The van der Waals surface area contributed by atoms with E-state index in [0.717, 1.165) is 16.6 Å². The normalized spacial score (nSPS) is 10.1. The zero-order valence-electron chi connectivity index (χ0n) is 9.86. The number of rotatable bonds is 4. The minimum absolute atomic E-state index is 0.153. The van der Waals surface area contributed by atoms with Gasteiger partial charge in [0.1, 0.15) is 11.5 Å². The van der Waals surface area contributed by atoms with Crippen molar-refractivity contribution in [2.24, 2.45) is 0 Å². The summed E-state index contributed by atoms with van der Waals surface area (Å²) in [6, 6.07) is 10.3. The lowest BCUT2D eigenvalue weighted by atomic mass is 10.2. The molecule has 0 radical (unpaired) electrons. The summed E-state index contributed by atoms with van der Waals surface area (Å²) in [5.41, 5.74) is -1.18. The number of benzene rings is 2. The fraction of sp³-hybridized carbons (Fsp3) is 0. The monoisotopic (exact) mass is 338 g/mol. The van der Waals surface area contributed by atoms with E-state index in [1.807, 2.05) is 0 Å². The van der Waals surface area contributed by atoms with Crippen LogP contribution < -0.4 is 4.74 Å². The summed E-state index contributed by atoms with van der Waals surface area (Å²) in [5, 5.41) is 21.5. The maximum atomic E-state index is 10.8. The summed E-state index contributed by atoms with van der Waals surface area (Å²) in [6.07, 6.45) is 0. The minimum Gasteiger partial charge on any atom is -0.457 e. The summed E-state index contributed by atoms with van der Waals surface area (Å²) in [4.78, 5) is 19.9. The first-order valence-electron chi connectivity index (χ1n) is 5.33. The fourth-order valence-corrected chi connectivity index (χ4v) is 1.91. The second-order valence-corrected chi connectivity index (χ2v) is 4.64. The first kappa shape index (κ1) is 13.9. The van der Waals surface area contributed by atoms with Crippen LogP contribution in [0.2, 0.25) is 0 Å². The fourth-order valence-electron chi connectivity index (χ4n) is 1.53. The molecule has 0 amide bonds. The molecule has 7 nitrogen and oxygen atoms in total. The average Bonchev–Trinajstić information content (AvgIpc) is 2.38. The van der Waals surface area contributed by atoms with Crippen LogP contribution in [0, 0.1) is 20.2 Å². The largest absolute Gasteiger partial charge is 0.457 e. The van der Waals surface area contributed by atoms with Crippen LogP contribution in [0.15, 0.2) is 46.9 Å². The van der Waals surface area contributed by atoms with Crippen LogP contribution in [0.5, 0.6) is 11.5 Å². The lowest BCUT2D eigenvalue weighted by Gasteiger charge is -2.05. The second kappa shape index (κ2) is 5.66. The van der Waals surface area contributed by atoms with Crippen molar-refractivity contribution in [2.45, 2.75) is 0 Å². The number of halogens is 1. The zero-order valence-corrected chi connectivity index (χ0v) is 11.4. The molecule has 2 aromatic rings. The highest BCUT2D eigenvalue weighted by atomic mass is 79.9. The quantitative estimate of drug-likeness (QED) is 0.618. The van der Waals surface area contributed by atoms with E-state index in [-0.39, 0.29) is 5.75 Å². The molecule has 0 aromatic heterocycles. The first-order valence-corrected chi connectivity index (χ1v) is 6.13. The molecule has 0 atom stereocenters. The molecular weight excluding hydrogens is 332 g/mol. The van der Waals surface area contributed by atoms with Crippen molar-refractivity contribution in [3.63, 3.8) is 0 Å². The number of nitrogens with zero attached hydrogens (tertiary/aromatic N) is 2. The van der Waals surface area contributed by atoms with E-state index in [4.69, 9.17) is 4.74 Å². The summed E-state index contributed by atoms with van der Waals surface area (Å²) in [7, 11) is 0. The molecule has 0 saturated carbocycles. The molecule has 2 aromatic carbocycles. The van der Waals surface area contributed by atoms with E-state index in [0.29, 0.717) is 5.75 Å². The number of hydrogen-bond acceptors (Lipinski definition) is 5. The molecule has 8 heteroatoms. The van der Waals surface area contributed by atoms with Crippen molar-refractivity contribution in [2.75, 3.05) is 0 Å². The number of ether oxygens (including phenoxy) is 1. The summed E-state index contributed by atoms with van der Waals surface area (Å²) in [5.74, 6) is 0.614. The number of hydrogen-bond donors (Lipinski definition) is 0. The molecular formula is C12H7BrN2O5. The van der Waals surface area contributed by atoms with Crippen LogP contribution in [0.3, 0.4) is 0 Å². The van der Waals surface area contributed by atoms with Gasteiger partial charge in [-0.15, -0.1) is 0 Å². The maximum absolute atomic E-state index is 10.8. The van der Waals surface area contributed by atoms with Gasteiger partial charge in [-0.1, -0.05) is 22.0 Å². The SMILES string of the molecule is O=[N+]([O-])c1ccc(Oc2cccc(Br)c2)cc1[N+](=O)[O-]. The molecule has 0 saturated heterocycles. The van der Waals surface area contributed by atoms with E-state index in [9.17, 15) is 20.2 Å². The van der Waals surface area contributed by atoms with E-state index in [1.54, 1.807) is 24.3 Å². The minimum atomic E-state index is -0.814. The van der Waals surface area contributed by atoms with Gasteiger partial charge in [-0.25, -0.2) is 0 Å². The third-order valence-corrected chi connectivity index (χ3v) is 2.87. The molecule has 0 aliphatic heterocycles. The Morgan fingerprint density at radius 2 is 1.55 bits per heavy atom. The smallest absolute Gasteiger partial charge is 0.349 e. The average molecular weight is 339 g/mol. The number of nitro groups is 2.